The van der Waals surface area contributed by atoms with Crippen molar-refractivity contribution in [3.8, 4) is 0 Å². The van der Waals surface area contributed by atoms with Gasteiger partial charge in [0.1, 0.15) is 5.82 Å². The fourth-order valence-corrected chi connectivity index (χ4v) is 1.89. The van der Waals surface area contributed by atoms with Gasteiger partial charge in [0.05, 0.1) is 6.21 Å². The summed E-state index contributed by atoms with van der Waals surface area (Å²) >= 11 is 1.67. The van der Waals surface area contributed by atoms with E-state index < -0.39 is 0 Å². The first-order chi connectivity index (χ1) is 7.36. The third-order valence-electron chi connectivity index (χ3n) is 1.93. The van der Waals surface area contributed by atoms with Crippen LogP contribution in [0.1, 0.15) is 10.4 Å². The van der Waals surface area contributed by atoms with Crippen molar-refractivity contribution in [1.29, 1.82) is 0 Å². The van der Waals surface area contributed by atoms with E-state index in [9.17, 15) is 0 Å². The number of aryl methyl sites for hydroxylation is 1. The fourth-order valence-electron chi connectivity index (χ4n) is 1.10. The Morgan fingerprint density at radius 3 is 3.00 bits per heavy atom. The Morgan fingerprint density at radius 1 is 1.40 bits per heavy atom. The Balaban J connectivity index is 2.00. The van der Waals surface area contributed by atoms with Gasteiger partial charge in [0.15, 0.2) is 0 Å². The first kappa shape index (κ1) is 9.86. The molecule has 4 heteroatoms. The van der Waals surface area contributed by atoms with Gasteiger partial charge in [-0.1, -0.05) is 6.07 Å². The van der Waals surface area contributed by atoms with Crippen molar-refractivity contribution in [3.05, 3.63) is 46.3 Å². The second-order valence-electron chi connectivity index (χ2n) is 3.05. The predicted molar refractivity (Wildman–Crippen MR) is 64.5 cm³/mol. The summed E-state index contributed by atoms with van der Waals surface area (Å²) in [6.07, 6.45) is 3.54. The van der Waals surface area contributed by atoms with E-state index in [-0.39, 0.29) is 0 Å². The van der Waals surface area contributed by atoms with E-state index in [1.807, 2.05) is 24.4 Å². The summed E-state index contributed by atoms with van der Waals surface area (Å²) in [4.78, 5) is 5.26. The number of hydrazone groups is 1. The van der Waals surface area contributed by atoms with Gasteiger partial charge in [-0.15, -0.1) is 11.3 Å². The molecule has 3 nitrogen and oxygen atoms in total. The maximum Gasteiger partial charge on any atom is 0.146 e. The van der Waals surface area contributed by atoms with Crippen molar-refractivity contribution in [2.24, 2.45) is 5.10 Å². The maximum absolute atomic E-state index is 4.12. The Bertz CT molecular complexity index is 448. The largest absolute Gasteiger partial charge is 0.261 e. The molecule has 2 heterocycles. The summed E-state index contributed by atoms with van der Waals surface area (Å²) < 4.78 is 0. The SMILES string of the molecule is Cc1ccsc1/C=N/Nc1ccccn1. The number of rotatable bonds is 3. The molecule has 0 unspecified atom stereocenters. The van der Waals surface area contributed by atoms with Crippen LogP contribution in [-0.4, -0.2) is 11.2 Å². The second kappa shape index (κ2) is 4.70. The molecular weight excluding hydrogens is 206 g/mol. The van der Waals surface area contributed by atoms with Gasteiger partial charge < -0.3 is 0 Å². The molecule has 0 bridgehead atoms. The van der Waals surface area contributed by atoms with Crippen molar-refractivity contribution in [1.82, 2.24) is 4.98 Å². The van der Waals surface area contributed by atoms with Gasteiger partial charge in [-0.25, -0.2) is 4.98 Å². The average Bonchev–Trinajstić information content (AvgIpc) is 2.66. The van der Waals surface area contributed by atoms with E-state index in [4.69, 9.17) is 0 Å². The van der Waals surface area contributed by atoms with E-state index in [1.54, 1.807) is 17.5 Å². The summed E-state index contributed by atoms with van der Waals surface area (Å²) in [5.41, 5.74) is 4.12. The van der Waals surface area contributed by atoms with Crippen molar-refractivity contribution in [3.63, 3.8) is 0 Å². The minimum absolute atomic E-state index is 0.753. The normalized spacial score (nSPS) is 10.7. The second-order valence-corrected chi connectivity index (χ2v) is 4.00. The van der Waals surface area contributed by atoms with E-state index in [0.29, 0.717) is 0 Å². The quantitative estimate of drug-likeness (QED) is 0.634. The maximum atomic E-state index is 4.12. The van der Waals surface area contributed by atoms with Crippen LogP contribution in [0.4, 0.5) is 5.82 Å². The van der Waals surface area contributed by atoms with Gasteiger partial charge in [0.25, 0.3) is 0 Å². The van der Waals surface area contributed by atoms with Crippen LogP contribution in [-0.2, 0) is 0 Å². The van der Waals surface area contributed by atoms with E-state index in [1.165, 1.54) is 10.4 Å². The number of aromatic nitrogens is 1. The molecule has 0 aliphatic carbocycles. The van der Waals surface area contributed by atoms with Crippen LogP contribution in [0.5, 0.6) is 0 Å². The molecule has 0 aliphatic rings. The topological polar surface area (TPSA) is 37.3 Å². The number of hydrogen-bond donors (Lipinski definition) is 1. The lowest BCUT2D eigenvalue weighted by atomic mass is 10.3. The van der Waals surface area contributed by atoms with Gasteiger partial charge >= 0.3 is 0 Å². The highest BCUT2D eigenvalue weighted by molar-refractivity contribution is 7.11. The zero-order valence-electron chi connectivity index (χ0n) is 8.34. The van der Waals surface area contributed by atoms with Gasteiger partial charge in [-0.3, -0.25) is 5.43 Å². The lowest BCUT2D eigenvalue weighted by molar-refractivity contribution is 1.23. The lowest BCUT2D eigenvalue weighted by Gasteiger charge is -1.96. The molecule has 0 saturated heterocycles. The van der Waals surface area contributed by atoms with Crippen LogP contribution in [0, 0.1) is 6.92 Å². The molecule has 0 aromatic carbocycles. The Morgan fingerprint density at radius 2 is 2.33 bits per heavy atom. The smallest absolute Gasteiger partial charge is 0.146 e. The molecule has 2 aromatic rings. The molecule has 0 aliphatic heterocycles. The molecule has 0 saturated carbocycles. The lowest BCUT2D eigenvalue weighted by Crippen LogP contribution is -1.91. The van der Waals surface area contributed by atoms with Crippen LogP contribution in [0.25, 0.3) is 0 Å². The molecule has 0 fully saturated rings. The van der Waals surface area contributed by atoms with Crippen molar-refractivity contribution in [2.45, 2.75) is 6.92 Å². The van der Waals surface area contributed by atoms with Gasteiger partial charge in [-0.05, 0) is 36.1 Å². The summed E-state index contributed by atoms with van der Waals surface area (Å²) in [5.74, 6) is 0.753. The Labute approximate surface area is 92.5 Å². The molecule has 76 valence electrons. The van der Waals surface area contributed by atoms with E-state index in [2.05, 4.69) is 33.9 Å². The molecule has 2 rings (SSSR count). The molecule has 0 amide bonds. The average molecular weight is 217 g/mol. The molecule has 0 atom stereocenters. The fraction of sp³-hybridized carbons (Fsp3) is 0.0909. The van der Waals surface area contributed by atoms with Crippen molar-refractivity contribution >= 4 is 23.4 Å². The Hall–Kier alpha value is -1.68. The van der Waals surface area contributed by atoms with Crippen LogP contribution in [0.15, 0.2) is 40.9 Å². The zero-order valence-corrected chi connectivity index (χ0v) is 9.16. The minimum atomic E-state index is 0.753. The molecule has 0 radical (unpaired) electrons. The summed E-state index contributed by atoms with van der Waals surface area (Å²) in [6.45, 7) is 2.07. The standard InChI is InChI=1S/C11H11N3S/c1-9-5-7-15-10(9)8-13-14-11-4-2-3-6-12-11/h2-8H,1H3,(H,12,14)/b13-8+. The summed E-state index contributed by atoms with van der Waals surface area (Å²) in [6, 6.07) is 7.74. The third-order valence-corrected chi connectivity index (χ3v) is 2.88. The van der Waals surface area contributed by atoms with Crippen LogP contribution < -0.4 is 5.43 Å². The molecular formula is C11H11N3S. The van der Waals surface area contributed by atoms with Crippen molar-refractivity contribution < 1.29 is 0 Å². The minimum Gasteiger partial charge on any atom is -0.261 e. The highest BCUT2D eigenvalue weighted by Gasteiger charge is 1.94. The van der Waals surface area contributed by atoms with Crippen LogP contribution in [0.2, 0.25) is 0 Å². The molecule has 15 heavy (non-hydrogen) atoms. The highest BCUT2D eigenvalue weighted by Crippen LogP contribution is 2.12. The monoisotopic (exact) mass is 217 g/mol. The zero-order chi connectivity index (χ0) is 10.5. The van der Waals surface area contributed by atoms with Crippen molar-refractivity contribution in [2.75, 3.05) is 5.43 Å². The Kier molecular flexibility index (Phi) is 3.09. The third kappa shape index (κ3) is 2.63. The molecule has 0 spiro atoms. The van der Waals surface area contributed by atoms with Gasteiger partial charge in [-0.2, -0.15) is 5.10 Å². The first-order valence-electron chi connectivity index (χ1n) is 4.60. The number of hydrogen-bond acceptors (Lipinski definition) is 4. The number of nitrogens with zero attached hydrogens (tertiary/aromatic N) is 2. The number of pyridine rings is 1. The molecule has 2 aromatic heterocycles. The number of anilines is 1. The summed E-state index contributed by atoms with van der Waals surface area (Å²) in [7, 11) is 0. The van der Waals surface area contributed by atoms with Crippen LogP contribution >= 0.6 is 11.3 Å². The predicted octanol–water partition coefficient (Wildman–Crippen LogP) is 2.90. The van der Waals surface area contributed by atoms with E-state index in [0.717, 1.165) is 5.82 Å². The van der Waals surface area contributed by atoms with Gasteiger partial charge in [0, 0.05) is 11.1 Å². The van der Waals surface area contributed by atoms with Gasteiger partial charge in [0.2, 0.25) is 0 Å². The highest BCUT2D eigenvalue weighted by atomic mass is 32.1. The number of thiophene rings is 1. The summed E-state index contributed by atoms with van der Waals surface area (Å²) in [5, 5.41) is 6.17. The molecule has 1 N–H and O–H groups in total. The number of nitrogens with one attached hydrogen (secondary N) is 1. The van der Waals surface area contributed by atoms with Crippen LogP contribution in [0.3, 0.4) is 0 Å². The first-order valence-corrected chi connectivity index (χ1v) is 5.48. The van der Waals surface area contributed by atoms with E-state index >= 15 is 0 Å².